The summed E-state index contributed by atoms with van der Waals surface area (Å²) in [5.41, 5.74) is 6.45. The molecule has 0 aliphatic carbocycles. The van der Waals surface area contributed by atoms with Crippen LogP contribution in [0.3, 0.4) is 0 Å². The molecule has 15 heavy (non-hydrogen) atoms. The van der Waals surface area contributed by atoms with Crippen molar-refractivity contribution < 1.29 is 4.74 Å². The Morgan fingerprint density at radius 2 is 2.33 bits per heavy atom. The summed E-state index contributed by atoms with van der Waals surface area (Å²) in [6.07, 6.45) is 0.286. The molecule has 1 aromatic heterocycles. The highest BCUT2D eigenvalue weighted by Gasteiger charge is 2.06. The van der Waals surface area contributed by atoms with Gasteiger partial charge in [-0.1, -0.05) is 0 Å². The van der Waals surface area contributed by atoms with Gasteiger partial charge in [0.1, 0.15) is 0 Å². The first-order valence-electron chi connectivity index (χ1n) is 5.10. The molecule has 5 heteroatoms. The van der Waals surface area contributed by atoms with E-state index in [9.17, 15) is 0 Å². The van der Waals surface area contributed by atoms with Crippen molar-refractivity contribution >= 4 is 16.5 Å². The van der Waals surface area contributed by atoms with Gasteiger partial charge in [-0.3, -0.25) is 0 Å². The van der Waals surface area contributed by atoms with E-state index in [0.29, 0.717) is 6.54 Å². The second-order valence-corrected chi connectivity index (χ2v) is 4.50. The monoisotopic (exact) mass is 229 g/mol. The van der Waals surface area contributed by atoms with E-state index in [0.717, 1.165) is 24.0 Å². The number of hydrogen-bond donors (Lipinski definition) is 1. The van der Waals surface area contributed by atoms with E-state index >= 15 is 0 Å². The van der Waals surface area contributed by atoms with Gasteiger partial charge in [0.15, 0.2) is 5.13 Å². The molecule has 4 nitrogen and oxygen atoms in total. The Labute approximate surface area is 95.1 Å². The first-order valence-corrected chi connectivity index (χ1v) is 5.98. The van der Waals surface area contributed by atoms with Crippen molar-refractivity contribution in [3.63, 3.8) is 0 Å². The molecule has 0 radical (unpaired) electrons. The van der Waals surface area contributed by atoms with Crippen molar-refractivity contribution in [3.05, 3.63) is 11.1 Å². The number of nitrogens with zero attached hydrogens (tertiary/aromatic N) is 2. The fourth-order valence-electron chi connectivity index (χ4n) is 1.09. The SMILES string of the molecule is CC(C)OCCN(C)c1nc(CN)cs1. The molecule has 1 aromatic rings. The van der Waals surface area contributed by atoms with Gasteiger partial charge in [-0.2, -0.15) is 0 Å². The Kier molecular flexibility index (Phi) is 5.01. The van der Waals surface area contributed by atoms with Gasteiger partial charge in [0.2, 0.25) is 0 Å². The molecular weight excluding hydrogens is 210 g/mol. The second kappa shape index (κ2) is 6.05. The molecule has 0 atom stereocenters. The quantitative estimate of drug-likeness (QED) is 0.802. The molecule has 0 unspecified atom stereocenters. The van der Waals surface area contributed by atoms with Crippen LogP contribution in [0.2, 0.25) is 0 Å². The van der Waals surface area contributed by atoms with Crippen molar-refractivity contribution in [1.29, 1.82) is 0 Å². The highest BCUT2D eigenvalue weighted by molar-refractivity contribution is 7.13. The van der Waals surface area contributed by atoms with Crippen molar-refractivity contribution in [3.8, 4) is 0 Å². The smallest absolute Gasteiger partial charge is 0.185 e. The Morgan fingerprint density at radius 1 is 1.60 bits per heavy atom. The topological polar surface area (TPSA) is 51.4 Å². The zero-order valence-electron chi connectivity index (χ0n) is 9.56. The van der Waals surface area contributed by atoms with E-state index in [2.05, 4.69) is 9.88 Å². The summed E-state index contributed by atoms with van der Waals surface area (Å²) >= 11 is 1.62. The van der Waals surface area contributed by atoms with Crippen LogP contribution in [0.1, 0.15) is 19.5 Å². The lowest BCUT2D eigenvalue weighted by atomic mass is 10.5. The zero-order chi connectivity index (χ0) is 11.3. The highest BCUT2D eigenvalue weighted by atomic mass is 32.1. The Balaban J connectivity index is 2.36. The molecule has 1 heterocycles. The molecule has 86 valence electrons. The molecule has 2 N–H and O–H groups in total. The van der Waals surface area contributed by atoms with E-state index in [4.69, 9.17) is 10.5 Å². The minimum absolute atomic E-state index is 0.286. The molecule has 0 saturated carbocycles. The normalized spacial score (nSPS) is 11.0. The van der Waals surface area contributed by atoms with Gasteiger partial charge in [-0.25, -0.2) is 4.98 Å². The molecule has 0 aliphatic rings. The highest BCUT2D eigenvalue weighted by Crippen LogP contribution is 2.18. The average molecular weight is 229 g/mol. The predicted molar refractivity (Wildman–Crippen MR) is 64.4 cm³/mol. The number of hydrogen-bond acceptors (Lipinski definition) is 5. The van der Waals surface area contributed by atoms with E-state index in [1.54, 1.807) is 11.3 Å². The maximum atomic E-state index is 5.50. The minimum Gasteiger partial charge on any atom is -0.377 e. The average Bonchev–Trinajstić information content (AvgIpc) is 2.65. The summed E-state index contributed by atoms with van der Waals surface area (Å²) in [6.45, 7) is 6.17. The van der Waals surface area contributed by atoms with Crippen LogP contribution in [0.5, 0.6) is 0 Å². The van der Waals surface area contributed by atoms with Crippen LogP contribution >= 0.6 is 11.3 Å². The van der Waals surface area contributed by atoms with Gasteiger partial charge >= 0.3 is 0 Å². The van der Waals surface area contributed by atoms with E-state index in [-0.39, 0.29) is 6.10 Å². The third-order valence-electron chi connectivity index (χ3n) is 1.95. The molecule has 0 bridgehead atoms. The van der Waals surface area contributed by atoms with Crippen LogP contribution < -0.4 is 10.6 Å². The summed E-state index contributed by atoms with van der Waals surface area (Å²) in [5, 5.41) is 3.00. The molecule has 0 aromatic carbocycles. The lowest BCUT2D eigenvalue weighted by molar-refractivity contribution is 0.0846. The molecule has 0 spiro atoms. The van der Waals surface area contributed by atoms with Crippen molar-refractivity contribution in [2.45, 2.75) is 26.5 Å². The number of rotatable bonds is 6. The molecular formula is C10H19N3OS. The van der Waals surface area contributed by atoms with E-state index < -0.39 is 0 Å². The van der Waals surface area contributed by atoms with Crippen molar-refractivity contribution in [2.75, 3.05) is 25.1 Å². The summed E-state index contributed by atoms with van der Waals surface area (Å²) in [4.78, 5) is 6.48. The summed E-state index contributed by atoms with van der Waals surface area (Å²) < 4.78 is 5.48. The second-order valence-electron chi connectivity index (χ2n) is 3.67. The lowest BCUT2D eigenvalue weighted by Gasteiger charge is -2.16. The van der Waals surface area contributed by atoms with Gasteiger partial charge < -0.3 is 15.4 Å². The number of likely N-dealkylation sites (N-methyl/N-ethyl adjacent to an activating group) is 1. The Hall–Kier alpha value is -0.650. The van der Waals surface area contributed by atoms with Gasteiger partial charge in [-0.15, -0.1) is 11.3 Å². The number of nitrogens with two attached hydrogens (primary N) is 1. The predicted octanol–water partition coefficient (Wildman–Crippen LogP) is 1.46. The maximum Gasteiger partial charge on any atom is 0.185 e. The number of ether oxygens (including phenoxy) is 1. The van der Waals surface area contributed by atoms with Crippen LogP contribution in [0.25, 0.3) is 0 Å². The molecule has 0 saturated heterocycles. The lowest BCUT2D eigenvalue weighted by Crippen LogP contribution is -2.23. The largest absolute Gasteiger partial charge is 0.377 e. The first kappa shape index (κ1) is 12.4. The molecule has 0 aliphatic heterocycles. The Morgan fingerprint density at radius 3 is 2.87 bits per heavy atom. The fraction of sp³-hybridized carbons (Fsp3) is 0.700. The number of anilines is 1. The maximum absolute atomic E-state index is 5.50. The third-order valence-corrected chi connectivity index (χ3v) is 2.96. The van der Waals surface area contributed by atoms with Gasteiger partial charge in [-0.05, 0) is 13.8 Å². The van der Waals surface area contributed by atoms with Gasteiger partial charge in [0.05, 0.1) is 18.4 Å². The van der Waals surface area contributed by atoms with Crippen LogP contribution in [-0.2, 0) is 11.3 Å². The fourth-order valence-corrected chi connectivity index (χ4v) is 1.92. The van der Waals surface area contributed by atoms with Gasteiger partial charge in [0.25, 0.3) is 0 Å². The first-order chi connectivity index (χ1) is 7.13. The zero-order valence-corrected chi connectivity index (χ0v) is 10.4. The van der Waals surface area contributed by atoms with Gasteiger partial charge in [0, 0.05) is 25.5 Å². The third kappa shape index (κ3) is 4.15. The molecule has 1 rings (SSSR count). The van der Waals surface area contributed by atoms with Crippen molar-refractivity contribution in [1.82, 2.24) is 4.98 Å². The molecule has 0 amide bonds. The summed E-state index contributed by atoms with van der Waals surface area (Å²) in [5.74, 6) is 0. The Bertz CT molecular complexity index is 288. The van der Waals surface area contributed by atoms with Crippen LogP contribution in [0.4, 0.5) is 5.13 Å². The van der Waals surface area contributed by atoms with Crippen LogP contribution in [0, 0.1) is 0 Å². The standard InChI is InChI=1S/C10H19N3OS/c1-8(2)14-5-4-13(3)10-12-9(6-11)7-15-10/h7-8H,4-6,11H2,1-3H3. The minimum atomic E-state index is 0.286. The summed E-state index contributed by atoms with van der Waals surface area (Å²) in [6, 6.07) is 0. The van der Waals surface area contributed by atoms with Crippen LogP contribution in [0.15, 0.2) is 5.38 Å². The number of thiazole rings is 1. The van der Waals surface area contributed by atoms with Crippen LogP contribution in [-0.4, -0.2) is 31.3 Å². The number of aromatic nitrogens is 1. The van der Waals surface area contributed by atoms with Crippen molar-refractivity contribution in [2.24, 2.45) is 5.73 Å². The van der Waals surface area contributed by atoms with E-state index in [1.807, 2.05) is 26.3 Å². The molecule has 0 fully saturated rings. The summed E-state index contributed by atoms with van der Waals surface area (Å²) in [7, 11) is 2.02. The van der Waals surface area contributed by atoms with E-state index in [1.165, 1.54) is 0 Å².